The first-order valence-electron chi connectivity index (χ1n) is 5.37. The summed E-state index contributed by atoms with van der Waals surface area (Å²) in [6, 6.07) is 0. The molecule has 3 rings (SSSR count). The first-order valence-corrected chi connectivity index (χ1v) is 5.37. The Balaban J connectivity index is 2.08. The van der Waals surface area contributed by atoms with Gasteiger partial charge in [-0.25, -0.2) is 0 Å². The number of aromatic nitrogens is 5. The third-order valence-corrected chi connectivity index (χ3v) is 2.26. The van der Waals surface area contributed by atoms with Crippen LogP contribution in [0, 0.1) is 6.08 Å². The van der Waals surface area contributed by atoms with Crippen LogP contribution in [-0.2, 0) is 4.74 Å². The zero-order valence-corrected chi connectivity index (χ0v) is 9.58. The summed E-state index contributed by atoms with van der Waals surface area (Å²) in [5, 5.41) is 7.14. The molecule has 18 heavy (non-hydrogen) atoms. The van der Waals surface area contributed by atoms with Gasteiger partial charge in [0, 0.05) is 6.54 Å². The Hall–Kier alpha value is -2.73. The van der Waals surface area contributed by atoms with Gasteiger partial charge in [-0.05, 0) is 6.92 Å². The molecule has 0 amide bonds. The lowest BCUT2D eigenvalue weighted by atomic mass is 10.4. The highest BCUT2D eigenvalue weighted by atomic mass is 16.5. The molecule has 3 heterocycles. The second kappa shape index (κ2) is 3.94. The van der Waals surface area contributed by atoms with Gasteiger partial charge in [0.15, 0.2) is 0 Å². The zero-order valence-electron chi connectivity index (χ0n) is 9.58. The molecule has 0 aliphatic carbocycles. The number of nitrogens with one attached hydrogen (secondary N) is 1. The monoisotopic (exact) mass is 244 g/mol. The maximum Gasteiger partial charge on any atom is 0.323 e. The van der Waals surface area contributed by atoms with Crippen molar-refractivity contribution in [2.24, 2.45) is 0 Å². The molecule has 0 atom stereocenters. The molecule has 8 nitrogen and oxygen atoms in total. The summed E-state index contributed by atoms with van der Waals surface area (Å²) in [5.41, 5.74) is 5.78. The van der Waals surface area contributed by atoms with E-state index in [4.69, 9.17) is 10.5 Å². The number of nitrogens with two attached hydrogens (primary N) is 1. The predicted octanol–water partition coefficient (Wildman–Crippen LogP) is 0.221. The predicted molar refractivity (Wildman–Crippen MR) is 64.0 cm³/mol. The van der Waals surface area contributed by atoms with Crippen molar-refractivity contribution in [3.63, 3.8) is 0 Å². The Morgan fingerprint density at radius 2 is 2.33 bits per heavy atom. The summed E-state index contributed by atoms with van der Waals surface area (Å²) in [6.07, 6.45) is 5.86. The van der Waals surface area contributed by atoms with Crippen molar-refractivity contribution in [1.82, 2.24) is 24.6 Å². The highest BCUT2D eigenvalue weighted by Crippen LogP contribution is 2.18. The molecule has 1 aliphatic rings. The Bertz CT molecular complexity index is 658. The fourth-order valence-corrected chi connectivity index (χ4v) is 1.51. The van der Waals surface area contributed by atoms with Crippen molar-refractivity contribution >= 4 is 23.4 Å². The highest BCUT2D eigenvalue weighted by Gasteiger charge is 2.23. The van der Waals surface area contributed by atoms with Gasteiger partial charge in [-0.1, -0.05) is 0 Å². The van der Waals surface area contributed by atoms with E-state index in [9.17, 15) is 0 Å². The third-order valence-electron chi connectivity index (χ3n) is 2.26. The Morgan fingerprint density at radius 1 is 1.44 bits per heavy atom. The van der Waals surface area contributed by atoms with E-state index in [1.54, 1.807) is 6.08 Å². The van der Waals surface area contributed by atoms with E-state index < -0.39 is 0 Å². The van der Waals surface area contributed by atoms with Crippen LogP contribution < -0.4 is 11.1 Å². The van der Waals surface area contributed by atoms with E-state index in [0.29, 0.717) is 29.9 Å². The fourth-order valence-electron chi connectivity index (χ4n) is 1.51. The van der Waals surface area contributed by atoms with E-state index in [0.717, 1.165) is 0 Å². The van der Waals surface area contributed by atoms with Gasteiger partial charge >= 0.3 is 11.6 Å². The van der Waals surface area contributed by atoms with E-state index in [1.165, 1.54) is 10.8 Å². The molecule has 0 saturated carbocycles. The quantitative estimate of drug-likeness (QED) is 0.744. The summed E-state index contributed by atoms with van der Waals surface area (Å²) < 4.78 is 6.53. The van der Waals surface area contributed by atoms with Gasteiger partial charge < -0.3 is 15.8 Å². The van der Waals surface area contributed by atoms with E-state index >= 15 is 0 Å². The van der Waals surface area contributed by atoms with Gasteiger partial charge in [0.25, 0.3) is 12.0 Å². The SMILES string of the molecule is CCNc1nc(N)n2nc(C3=C[C+]=CO3)nc2n1. The molecular formula is C10H10N7O+. The van der Waals surface area contributed by atoms with Gasteiger partial charge in [0.05, 0.1) is 0 Å². The molecule has 0 spiro atoms. The van der Waals surface area contributed by atoms with E-state index in [-0.39, 0.29) is 5.95 Å². The molecule has 90 valence electrons. The number of nitrogen functional groups attached to an aromatic ring is 1. The van der Waals surface area contributed by atoms with Crippen LogP contribution in [0.5, 0.6) is 0 Å². The fraction of sp³-hybridized carbons (Fsp3) is 0.200. The molecule has 2 aromatic heterocycles. The minimum Gasteiger partial charge on any atom is -0.368 e. The smallest absolute Gasteiger partial charge is 0.323 e. The Morgan fingerprint density at radius 3 is 3.06 bits per heavy atom. The molecular weight excluding hydrogens is 234 g/mol. The normalized spacial score (nSPS) is 13.3. The molecule has 0 fully saturated rings. The molecule has 0 radical (unpaired) electrons. The number of hydrogen-bond donors (Lipinski definition) is 2. The maximum atomic E-state index is 5.78. The van der Waals surface area contributed by atoms with Crippen molar-refractivity contribution < 1.29 is 4.74 Å². The number of hydrogen-bond acceptors (Lipinski definition) is 7. The molecule has 8 heteroatoms. The summed E-state index contributed by atoms with van der Waals surface area (Å²) >= 11 is 0. The molecule has 0 unspecified atom stereocenters. The van der Waals surface area contributed by atoms with Gasteiger partial charge in [-0.15, -0.1) is 5.10 Å². The van der Waals surface area contributed by atoms with Crippen LogP contribution in [0.25, 0.3) is 11.5 Å². The van der Waals surface area contributed by atoms with Crippen LogP contribution in [0.3, 0.4) is 0 Å². The number of ether oxygens (including phenoxy) is 1. The van der Waals surface area contributed by atoms with Gasteiger partial charge in [0.2, 0.25) is 18.0 Å². The van der Waals surface area contributed by atoms with Crippen LogP contribution in [0.15, 0.2) is 12.3 Å². The highest BCUT2D eigenvalue weighted by molar-refractivity contribution is 5.59. The summed E-state index contributed by atoms with van der Waals surface area (Å²) in [7, 11) is 0. The van der Waals surface area contributed by atoms with Crippen LogP contribution >= 0.6 is 0 Å². The lowest BCUT2D eigenvalue weighted by Crippen LogP contribution is -2.09. The first-order chi connectivity index (χ1) is 8.78. The third kappa shape index (κ3) is 1.61. The lowest BCUT2D eigenvalue weighted by molar-refractivity contribution is 0.441. The van der Waals surface area contributed by atoms with Crippen molar-refractivity contribution in [1.29, 1.82) is 0 Å². The topological polar surface area (TPSA) is 103 Å². The van der Waals surface area contributed by atoms with Crippen LogP contribution in [0.1, 0.15) is 12.7 Å². The first kappa shape index (κ1) is 10.4. The molecule has 0 bridgehead atoms. The second-order valence-corrected chi connectivity index (χ2v) is 3.49. The van der Waals surface area contributed by atoms with Crippen LogP contribution in [-0.4, -0.2) is 31.1 Å². The molecule has 2 aromatic rings. The average Bonchev–Trinajstić information content (AvgIpc) is 2.97. The summed E-state index contributed by atoms with van der Waals surface area (Å²) in [6.45, 7) is 2.64. The minimum absolute atomic E-state index is 0.213. The minimum atomic E-state index is 0.213. The van der Waals surface area contributed by atoms with Gasteiger partial charge in [-0.2, -0.15) is 19.5 Å². The van der Waals surface area contributed by atoms with E-state index in [2.05, 4.69) is 31.4 Å². The standard InChI is InChI=1S/C10H10N7O/c1-2-12-9-14-8(11)17-10(15-9)13-7(16-17)6-4-3-5-18-6/h4-5H,2H2,1H3,(H3,11,12,13,14,15,16)/q+1. The Kier molecular flexibility index (Phi) is 2.28. The molecule has 0 aromatic carbocycles. The summed E-state index contributed by atoms with van der Waals surface area (Å²) in [5.74, 6) is 1.90. The molecule has 0 saturated heterocycles. The summed E-state index contributed by atoms with van der Waals surface area (Å²) in [4.78, 5) is 12.5. The van der Waals surface area contributed by atoms with E-state index in [1.807, 2.05) is 6.92 Å². The zero-order chi connectivity index (χ0) is 12.5. The lowest BCUT2D eigenvalue weighted by Gasteiger charge is -2.01. The van der Waals surface area contributed by atoms with Crippen molar-refractivity contribution in [2.45, 2.75) is 6.92 Å². The van der Waals surface area contributed by atoms with Gasteiger partial charge in [0.1, 0.15) is 6.08 Å². The Labute approximate surface area is 102 Å². The van der Waals surface area contributed by atoms with Crippen molar-refractivity contribution in [2.75, 3.05) is 17.6 Å². The number of nitrogens with zero attached hydrogens (tertiary/aromatic N) is 5. The molecule has 3 N–H and O–H groups in total. The number of anilines is 2. The average molecular weight is 244 g/mol. The second-order valence-electron chi connectivity index (χ2n) is 3.49. The van der Waals surface area contributed by atoms with Crippen LogP contribution in [0.4, 0.5) is 11.9 Å². The number of rotatable bonds is 3. The largest absolute Gasteiger partial charge is 0.368 e. The maximum absolute atomic E-state index is 5.78. The molecule has 1 aliphatic heterocycles. The number of fused-ring (bicyclic) bond motifs is 1. The van der Waals surface area contributed by atoms with Crippen molar-refractivity contribution in [3.8, 4) is 0 Å². The number of allylic oxidation sites excluding steroid dienone is 2. The van der Waals surface area contributed by atoms with Crippen molar-refractivity contribution in [3.05, 3.63) is 24.2 Å². The van der Waals surface area contributed by atoms with Gasteiger partial charge in [-0.3, -0.25) is 0 Å². The van der Waals surface area contributed by atoms with Crippen LogP contribution in [0.2, 0.25) is 0 Å².